The van der Waals surface area contributed by atoms with Crippen LogP contribution >= 0.6 is 0 Å². The highest BCUT2D eigenvalue weighted by Gasteiger charge is 2.32. The lowest BCUT2D eigenvalue weighted by atomic mass is 9.96. The zero-order valence-electron chi connectivity index (χ0n) is 11.0. The van der Waals surface area contributed by atoms with Crippen LogP contribution in [0.1, 0.15) is 37.8 Å². The standard InChI is InChI=1S/C15H19NO3/c1-10-6-5-9-12(10)14(17)16-13(15(18)19)11-7-3-2-4-8-11/h2-4,7-8,10,12-13H,5-6,9H2,1H3,(H,16,17)(H,18,19)/t10?,12?,13-/m0/s1. The van der Waals surface area contributed by atoms with Crippen LogP contribution in [0.3, 0.4) is 0 Å². The Hall–Kier alpha value is -1.84. The van der Waals surface area contributed by atoms with Gasteiger partial charge in [-0.05, 0) is 24.3 Å². The van der Waals surface area contributed by atoms with Gasteiger partial charge in [0.15, 0.2) is 6.04 Å². The number of carboxylic acid groups (broad SMARTS) is 1. The lowest BCUT2D eigenvalue weighted by Gasteiger charge is -2.20. The minimum atomic E-state index is -1.02. The fraction of sp³-hybridized carbons (Fsp3) is 0.467. The largest absolute Gasteiger partial charge is 0.479 e. The molecule has 19 heavy (non-hydrogen) atoms. The zero-order valence-corrected chi connectivity index (χ0v) is 11.0. The number of benzene rings is 1. The highest BCUT2D eigenvalue weighted by Crippen LogP contribution is 2.31. The van der Waals surface area contributed by atoms with Crippen molar-refractivity contribution in [3.63, 3.8) is 0 Å². The van der Waals surface area contributed by atoms with Crippen LogP contribution in [0, 0.1) is 11.8 Å². The van der Waals surface area contributed by atoms with Crippen LogP contribution in [0.15, 0.2) is 30.3 Å². The average Bonchev–Trinajstić information content (AvgIpc) is 2.82. The summed E-state index contributed by atoms with van der Waals surface area (Å²) in [6.07, 6.45) is 2.94. The number of carbonyl (C=O) groups is 2. The Labute approximate surface area is 112 Å². The van der Waals surface area contributed by atoms with Crippen LogP contribution < -0.4 is 5.32 Å². The van der Waals surface area contributed by atoms with Gasteiger partial charge in [0.1, 0.15) is 0 Å². The van der Waals surface area contributed by atoms with Crippen molar-refractivity contribution in [2.45, 2.75) is 32.2 Å². The van der Waals surface area contributed by atoms with E-state index in [1.54, 1.807) is 24.3 Å². The molecular weight excluding hydrogens is 242 g/mol. The molecule has 0 bridgehead atoms. The molecule has 2 N–H and O–H groups in total. The lowest BCUT2D eigenvalue weighted by Crippen LogP contribution is -2.38. The number of aliphatic carboxylic acids is 1. The number of rotatable bonds is 4. The van der Waals surface area contributed by atoms with E-state index in [0.717, 1.165) is 19.3 Å². The average molecular weight is 261 g/mol. The van der Waals surface area contributed by atoms with Crippen molar-refractivity contribution in [3.8, 4) is 0 Å². The maximum atomic E-state index is 12.2. The summed E-state index contributed by atoms with van der Waals surface area (Å²) in [5.41, 5.74) is 0.606. The molecule has 0 heterocycles. The van der Waals surface area contributed by atoms with Crippen molar-refractivity contribution < 1.29 is 14.7 Å². The summed E-state index contributed by atoms with van der Waals surface area (Å²) in [4.78, 5) is 23.5. The minimum Gasteiger partial charge on any atom is -0.479 e. The van der Waals surface area contributed by atoms with Crippen molar-refractivity contribution in [1.29, 1.82) is 0 Å². The summed E-state index contributed by atoms with van der Waals surface area (Å²) in [6.45, 7) is 2.05. The first kappa shape index (κ1) is 13.6. The molecule has 0 spiro atoms. The van der Waals surface area contributed by atoms with Crippen LogP contribution in [0.4, 0.5) is 0 Å². The topological polar surface area (TPSA) is 66.4 Å². The Bertz CT molecular complexity index is 458. The van der Waals surface area contributed by atoms with Crippen LogP contribution in [0.2, 0.25) is 0 Å². The van der Waals surface area contributed by atoms with Crippen LogP contribution in [0.5, 0.6) is 0 Å². The second-order valence-corrected chi connectivity index (χ2v) is 5.21. The van der Waals surface area contributed by atoms with Gasteiger partial charge in [0.2, 0.25) is 5.91 Å². The highest BCUT2D eigenvalue weighted by molar-refractivity contribution is 5.86. The molecule has 1 aliphatic rings. The van der Waals surface area contributed by atoms with Gasteiger partial charge in [0.25, 0.3) is 0 Å². The molecule has 0 saturated heterocycles. The summed E-state index contributed by atoms with van der Waals surface area (Å²) in [5.74, 6) is -0.873. The first-order valence-corrected chi connectivity index (χ1v) is 6.67. The van der Waals surface area contributed by atoms with Gasteiger partial charge in [0, 0.05) is 5.92 Å². The van der Waals surface area contributed by atoms with E-state index in [-0.39, 0.29) is 11.8 Å². The summed E-state index contributed by atoms with van der Waals surface area (Å²) in [7, 11) is 0. The van der Waals surface area contributed by atoms with Crippen molar-refractivity contribution >= 4 is 11.9 Å². The van der Waals surface area contributed by atoms with E-state index in [1.165, 1.54) is 0 Å². The van der Waals surface area contributed by atoms with Gasteiger partial charge in [-0.25, -0.2) is 4.79 Å². The molecule has 1 amide bonds. The molecule has 1 aromatic carbocycles. The SMILES string of the molecule is CC1CCCC1C(=O)N[C@H](C(=O)O)c1ccccc1. The Kier molecular flexibility index (Phi) is 4.20. The predicted molar refractivity (Wildman–Crippen MR) is 71.5 cm³/mol. The van der Waals surface area contributed by atoms with Crippen LogP contribution in [0.25, 0.3) is 0 Å². The zero-order chi connectivity index (χ0) is 13.8. The maximum absolute atomic E-state index is 12.2. The van der Waals surface area contributed by atoms with Gasteiger partial charge in [-0.2, -0.15) is 0 Å². The second kappa shape index (κ2) is 5.87. The quantitative estimate of drug-likeness (QED) is 0.874. The van der Waals surface area contributed by atoms with Gasteiger partial charge in [-0.15, -0.1) is 0 Å². The second-order valence-electron chi connectivity index (χ2n) is 5.21. The summed E-state index contributed by atoms with van der Waals surface area (Å²) >= 11 is 0. The van der Waals surface area contributed by atoms with Crippen molar-refractivity contribution in [1.82, 2.24) is 5.32 Å². The Morgan fingerprint density at radius 1 is 1.26 bits per heavy atom. The molecule has 0 radical (unpaired) electrons. The molecule has 0 aromatic heterocycles. The molecular formula is C15H19NO3. The molecule has 3 atom stereocenters. The Morgan fingerprint density at radius 2 is 1.95 bits per heavy atom. The number of carbonyl (C=O) groups excluding carboxylic acids is 1. The number of hydrogen-bond acceptors (Lipinski definition) is 2. The first-order valence-electron chi connectivity index (χ1n) is 6.67. The van der Waals surface area contributed by atoms with Gasteiger partial charge in [0.05, 0.1) is 0 Å². The van der Waals surface area contributed by atoms with E-state index in [0.29, 0.717) is 11.5 Å². The molecule has 1 aliphatic carbocycles. The van der Waals surface area contributed by atoms with Crippen molar-refractivity contribution in [2.75, 3.05) is 0 Å². The smallest absolute Gasteiger partial charge is 0.330 e. The van der Waals surface area contributed by atoms with Gasteiger partial charge in [-0.3, -0.25) is 4.79 Å². The highest BCUT2D eigenvalue weighted by atomic mass is 16.4. The summed E-state index contributed by atoms with van der Waals surface area (Å²) in [5, 5.41) is 11.9. The fourth-order valence-corrected chi connectivity index (χ4v) is 2.72. The molecule has 102 valence electrons. The van der Waals surface area contributed by atoms with Gasteiger partial charge < -0.3 is 10.4 Å². The Balaban J connectivity index is 2.09. The molecule has 1 saturated carbocycles. The van der Waals surface area contributed by atoms with E-state index >= 15 is 0 Å². The van der Waals surface area contributed by atoms with Crippen molar-refractivity contribution in [3.05, 3.63) is 35.9 Å². The third-order valence-corrected chi connectivity index (χ3v) is 3.86. The van der Waals surface area contributed by atoms with Crippen LogP contribution in [-0.2, 0) is 9.59 Å². The lowest BCUT2D eigenvalue weighted by molar-refractivity contribution is -0.142. The molecule has 4 nitrogen and oxygen atoms in total. The van der Waals surface area contributed by atoms with E-state index in [9.17, 15) is 14.7 Å². The number of carboxylic acids is 1. The monoisotopic (exact) mass is 261 g/mol. The van der Waals surface area contributed by atoms with E-state index < -0.39 is 12.0 Å². The summed E-state index contributed by atoms with van der Waals surface area (Å²) < 4.78 is 0. The third kappa shape index (κ3) is 3.13. The van der Waals surface area contributed by atoms with Gasteiger partial charge in [-0.1, -0.05) is 43.7 Å². The molecule has 4 heteroatoms. The third-order valence-electron chi connectivity index (χ3n) is 3.86. The molecule has 1 fully saturated rings. The van der Waals surface area contributed by atoms with E-state index in [4.69, 9.17) is 0 Å². The first-order chi connectivity index (χ1) is 9.09. The number of hydrogen-bond donors (Lipinski definition) is 2. The van der Waals surface area contributed by atoms with Crippen molar-refractivity contribution in [2.24, 2.45) is 11.8 Å². The van der Waals surface area contributed by atoms with Gasteiger partial charge >= 0.3 is 5.97 Å². The molecule has 1 aromatic rings. The molecule has 2 rings (SSSR count). The Morgan fingerprint density at radius 3 is 2.47 bits per heavy atom. The van der Waals surface area contributed by atoms with E-state index in [2.05, 4.69) is 12.2 Å². The molecule has 2 unspecified atom stereocenters. The fourth-order valence-electron chi connectivity index (χ4n) is 2.72. The minimum absolute atomic E-state index is 0.0504. The van der Waals surface area contributed by atoms with E-state index in [1.807, 2.05) is 6.07 Å². The summed E-state index contributed by atoms with van der Waals surface area (Å²) in [6, 6.07) is 7.85. The number of amides is 1. The maximum Gasteiger partial charge on any atom is 0.330 e. The number of nitrogens with one attached hydrogen (secondary N) is 1. The normalized spacial score (nSPS) is 23.8. The molecule has 0 aliphatic heterocycles. The van der Waals surface area contributed by atoms with Crippen LogP contribution in [-0.4, -0.2) is 17.0 Å². The predicted octanol–water partition coefficient (Wildman–Crippen LogP) is 2.36.